The van der Waals surface area contributed by atoms with E-state index in [1.165, 1.54) is 116 Å². The van der Waals surface area contributed by atoms with Gasteiger partial charge in [-0.2, -0.15) is 0 Å². The lowest BCUT2D eigenvalue weighted by Gasteiger charge is -2.41. The average Bonchev–Trinajstić information content (AvgIpc) is 3.29. The van der Waals surface area contributed by atoms with Gasteiger partial charge >= 0.3 is 19.8 Å². The summed E-state index contributed by atoms with van der Waals surface area (Å²) in [6, 6.07) is 0. The Morgan fingerprint density at radius 2 is 0.846 bits per heavy atom. The quantitative estimate of drug-likeness (QED) is 0.0146. The zero-order valence-corrected chi connectivity index (χ0v) is 41.2. The van der Waals surface area contributed by atoms with Gasteiger partial charge in [0, 0.05) is 12.8 Å². The van der Waals surface area contributed by atoms with Gasteiger partial charge in [0.1, 0.15) is 43.2 Å². The fourth-order valence-corrected chi connectivity index (χ4v) is 8.55. The van der Waals surface area contributed by atoms with E-state index in [4.69, 9.17) is 18.5 Å². The average molecular weight is 943 g/mol. The molecule has 14 heteroatoms. The number of carbonyl (C=O) groups excluding carboxylic acids is 2. The number of hydrogen-bond donors (Lipinski definition) is 6. The van der Waals surface area contributed by atoms with Gasteiger partial charge in [-0.15, -0.1) is 0 Å². The number of phosphoric ester groups is 1. The summed E-state index contributed by atoms with van der Waals surface area (Å²) in [5, 5.41) is 50.2. The number of ether oxygens (including phenoxy) is 2. The lowest BCUT2D eigenvalue weighted by atomic mass is 9.85. The maximum absolute atomic E-state index is 12.8. The minimum absolute atomic E-state index is 0.0215. The van der Waals surface area contributed by atoms with E-state index in [9.17, 15) is 44.6 Å². The molecule has 0 heterocycles. The third-order valence-corrected chi connectivity index (χ3v) is 12.7. The van der Waals surface area contributed by atoms with Crippen LogP contribution in [-0.2, 0) is 32.7 Å². The van der Waals surface area contributed by atoms with Crippen molar-refractivity contribution in [2.45, 2.75) is 249 Å². The molecule has 6 unspecified atom stereocenters. The Kier molecular flexibility index (Phi) is 38.2. The van der Waals surface area contributed by atoms with Gasteiger partial charge in [0.15, 0.2) is 6.10 Å². The van der Waals surface area contributed by atoms with Gasteiger partial charge in [0.05, 0.1) is 6.61 Å². The predicted octanol–water partition coefficient (Wildman–Crippen LogP) is 10.7. The van der Waals surface area contributed by atoms with E-state index >= 15 is 0 Å². The van der Waals surface area contributed by atoms with Crippen molar-refractivity contribution in [3.63, 3.8) is 0 Å². The minimum Gasteiger partial charge on any atom is -0.462 e. The van der Waals surface area contributed by atoms with Gasteiger partial charge in [-0.05, 0) is 51.4 Å². The molecule has 1 rings (SSSR count). The molecule has 0 aromatic rings. The number of esters is 2. The topological polar surface area (TPSA) is 210 Å². The van der Waals surface area contributed by atoms with Crippen LogP contribution in [0.5, 0.6) is 0 Å². The Balaban J connectivity index is 2.44. The smallest absolute Gasteiger partial charge is 0.462 e. The van der Waals surface area contributed by atoms with Crippen LogP contribution in [0.25, 0.3) is 0 Å². The van der Waals surface area contributed by atoms with Crippen LogP contribution in [0.2, 0.25) is 0 Å². The molecule has 0 aromatic carbocycles. The number of phosphoric acid groups is 1. The zero-order chi connectivity index (χ0) is 47.8. The minimum atomic E-state index is -5.14. The number of aliphatic hydroxyl groups is 5. The monoisotopic (exact) mass is 943 g/mol. The summed E-state index contributed by atoms with van der Waals surface area (Å²) in [4.78, 5) is 35.8. The number of hydrogen-bond acceptors (Lipinski definition) is 12. The van der Waals surface area contributed by atoms with Crippen molar-refractivity contribution in [3.8, 4) is 0 Å². The summed E-state index contributed by atoms with van der Waals surface area (Å²) < 4.78 is 33.6. The van der Waals surface area contributed by atoms with Gasteiger partial charge in [-0.3, -0.25) is 18.6 Å². The number of rotatable bonds is 42. The van der Waals surface area contributed by atoms with Crippen LogP contribution in [0.3, 0.4) is 0 Å². The standard InChI is InChI=1S/C51H91O13P/c1-3-5-7-9-11-13-15-17-19-21-22-24-25-27-29-31-33-35-37-39-44(52)61-41-43(42-62-65(59,60)64-51-49(57)47(55)46(54)48(56)50(51)58)63-45(53)40-38-36-34-32-30-28-26-23-20-18-16-14-12-10-8-6-4-2/h12,14,18,20,26,28,32,34,43,46-51,54-58H,3-11,13,15-17,19,21-25,27,29-31,33,35-42H2,1-2H3,(H,59,60)/b14-12-,20-18-,28-26-,34-32-/t43-,46?,47-,48?,49?,50?,51?/m1/s1. The van der Waals surface area contributed by atoms with E-state index < -0.39 is 75.7 Å². The SMILES string of the molecule is CCCCC/C=C\C/C=C\C/C=C\C/C=C\CCCC(=O)O[C@H](COC(=O)CCCCCCCCCCCCCCCCCCCCC)COP(=O)(O)OC1C(O)C(O)C(O)[C@@H](O)C1O. The lowest BCUT2D eigenvalue weighted by molar-refractivity contribution is -0.220. The van der Waals surface area contributed by atoms with Crippen LogP contribution in [0.15, 0.2) is 48.6 Å². The molecule has 0 amide bonds. The largest absolute Gasteiger partial charge is 0.472 e. The molecule has 378 valence electrons. The summed E-state index contributed by atoms with van der Waals surface area (Å²) in [5.41, 5.74) is 0. The third kappa shape index (κ3) is 33.0. The Labute approximate surface area is 392 Å². The maximum atomic E-state index is 12.8. The van der Waals surface area contributed by atoms with Crippen LogP contribution < -0.4 is 0 Å². The van der Waals surface area contributed by atoms with Gasteiger partial charge in [0.2, 0.25) is 0 Å². The first kappa shape index (κ1) is 60.8. The number of allylic oxidation sites excluding steroid dienone is 8. The molecule has 1 fully saturated rings. The molecule has 0 aromatic heterocycles. The van der Waals surface area contributed by atoms with Crippen LogP contribution in [-0.4, -0.2) is 98.3 Å². The second-order valence-electron chi connectivity index (χ2n) is 17.7. The fourth-order valence-electron chi connectivity index (χ4n) is 7.58. The number of unbranched alkanes of at least 4 members (excludes halogenated alkanes) is 22. The molecule has 6 N–H and O–H groups in total. The van der Waals surface area contributed by atoms with E-state index in [0.29, 0.717) is 19.3 Å². The van der Waals surface area contributed by atoms with Gasteiger partial charge in [-0.25, -0.2) is 4.57 Å². The van der Waals surface area contributed by atoms with E-state index in [2.05, 4.69) is 50.3 Å². The second-order valence-corrected chi connectivity index (χ2v) is 19.1. The highest BCUT2D eigenvalue weighted by atomic mass is 31.2. The summed E-state index contributed by atoms with van der Waals surface area (Å²) in [5.74, 6) is -1.16. The summed E-state index contributed by atoms with van der Waals surface area (Å²) in [6.45, 7) is 3.25. The molecular formula is C51H91O13P. The summed E-state index contributed by atoms with van der Waals surface area (Å²) >= 11 is 0. The first-order valence-corrected chi connectivity index (χ1v) is 26.9. The molecule has 8 atom stereocenters. The Morgan fingerprint density at radius 1 is 0.477 bits per heavy atom. The van der Waals surface area contributed by atoms with Crippen molar-refractivity contribution in [3.05, 3.63) is 48.6 Å². The number of carbonyl (C=O) groups is 2. The van der Waals surface area contributed by atoms with E-state index in [1.54, 1.807) is 0 Å². The van der Waals surface area contributed by atoms with Crippen LogP contribution in [0, 0.1) is 0 Å². The van der Waals surface area contributed by atoms with E-state index in [-0.39, 0.29) is 12.8 Å². The van der Waals surface area contributed by atoms with Gasteiger partial charge in [0.25, 0.3) is 0 Å². The van der Waals surface area contributed by atoms with Crippen LogP contribution in [0.4, 0.5) is 0 Å². The van der Waals surface area contributed by atoms with Crippen molar-refractivity contribution in [2.24, 2.45) is 0 Å². The molecule has 1 saturated carbocycles. The molecule has 1 aliphatic rings. The molecule has 65 heavy (non-hydrogen) atoms. The first-order chi connectivity index (χ1) is 31.4. The molecule has 0 saturated heterocycles. The highest BCUT2D eigenvalue weighted by molar-refractivity contribution is 7.47. The fraction of sp³-hybridized carbons (Fsp3) is 0.804. The van der Waals surface area contributed by atoms with Crippen molar-refractivity contribution < 1.29 is 63.1 Å². The molecular weight excluding hydrogens is 852 g/mol. The lowest BCUT2D eigenvalue weighted by Crippen LogP contribution is -2.64. The normalized spacial score (nSPS) is 21.8. The molecule has 0 bridgehead atoms. The van der Waals surface area contributed by atoms with Crippen molar-refractivity contribution in [2.75, 3.05) is 13.2 Å². The van der Waals surface area contributed by atoms with E-state index in [0.717, 1.165) is 44.9 Å². The second kappa shape index (κ2) is 40.8. The van der Waals surface area contributed by atoms with Crippen LogP contribution >= 0.6 is 7.82 Å². The Morgan fingerprint density at radius 3 is 1.31 bits per heavy atom. The van der Waals surface area contributed by atoms with E-state index in [1.807, 2.05) is 12.2 Å². The zero-order valence-electron chi connectivity index (χ0n) is 40.3. The van der Waals surface area contributed by atoms with Crippen molar-refractivity contribution >= 4 is 19.8 Å². The molecule has 0 aliphatic heterocycles. The summed E-state index contributed by atoms with van der Waals surface area (Å²) in [7, 11) is -5.14. The van der Waals surface area contributed by atoms with Gasteiger partial charge in [-0.1, -0.05) is 191 Å². The first-order valence-electron chi connectivity index (χ1n) is 25.4. The maximum Gasteiger partial charge on any atom is 0.472 e. The van der Waals surface area contributed by atoms with Crippen molar-refractivity contribution in [1.29, 1.82) is 0 Å². The molecule has 1 aliphatic carbocycles. The molecule has 0 radical (unpaired) electrons. The Hall–Kier alpha value is -2.19. The van der Waals surface area contributed by atoms with Crippen molar-refractivity contribution in [1.82, 2.24) is 0 Å². The highest BCUT2D eigenvalue weighted by Crippen LogP contribution is 2.47. The van der Waals surface area contributed by atoms with Gasteiger partial charge < -0.3 is 39.9 Å². The summed E-state index contributed by atoms with van der Waals surface area (Å²) in [6.07, 6.45) is 36.0. The Bertz CT molecular complexity index is 1320. The predicted molar refractivity (Wildman–Crippen MR) is 258 cm³/mol. The van der Waals surface area contributed by atoms with Crippen LogP contribution in [0.1, 0.15) is 206 Å². The highest BCUT2D eigenvalue weighted by Gasteiger charge is 2.51. The molecule has 13 nitrogen and oxygen atoms in total. The third-order valence-electron chi connectivity index (χ3n) is 11.7. The number of aliphatic hydroxyl groups excluding tert-OH is 5. The molecule has 0 spiro atoms.